The number of carbonyl (C=O) groups excluding carboxylic acids is 1. The van der Waals surface area contributed by atoms with Crippen LogP contribution in [0.3, 0.4) is 0 Å². The number of phenols is 1. The van der Waals surface area contributed by atoms with Crippen molar-refractivity contribution in [2.45, 2.75) is 25.3 Å². The van der Waals surface area contributed by atoms with E-state index in [0.717, 1.165) is 29.5 Å². The molecule has 0 aromatic heterocycles. The van der Waals surface area contributed by atoms with Gasteiger partial charge in [0.25, 0.3) is 0 Å². The summed E-state index contributed by atoms with van der Waals surface area (Å²) in [6, 6.07) is 3.43. The zero-order valence-corrected chi connectivity index (χ0v) is 9.19. The van der Waals surface area contributed by atoms with Crippen LogP contribution < -0.4 is 5.73 Å². The molecule has 1 atom stereocenters. The van der Waals surface area contributed by atoms with Gasteiger partial charge in [-0.15, -0.1) is 0 Å². The number of hydrogen-bond donors (Lipinski definition) is 2. The Morgan fingerprint density at radius 1 is 1.56 bits per heavy atom. The minimum Gasteiger partial charge on any atom is -0.508 e. The van der Waals surface area contributed by atoms with E-state index >= 15 is 0 Å². The molecule has 0 fully saturated rings. The van der Waals surface area contributed by atoms with Crippen molar-refractivity contribution in [2.24, 2.45) is 5.73 Å². The van der Waals surface area contributed by atoms with E-state index < -0.39 is 0 Å². The number of esters is 1. The Kier molecular flexibility index (Phi) is 2.83. The molecule has 0 saturated carbocycles. The van der Waals surface area contributed by atoms with Gasteiger partial charge in [-0.2, -0.15) is 0 Å². The highest BCUT2D eigenvalue weighted by molar-refractivity contribution is 5.73. The molecule has 0 amide bonds. The lowest BCUT2D eigenvalue weighted by molar-refractivity contribution is -0.139. The summed E-state index contributed by atoms with van der Waals surface area (Å²) in [5.74, 6) is -0.111. The minimum atomic E-state index is -0.298. The Morgan fingerprint density at radius 2 is 2.31 bits per heavy atom. The first-order valence-electron chi connectivity index (χ1n) is 5.26. The number of hydrogen-bond acceptors (Lipinski definition) is 4. The number of methoxy groups -OCH3 is 1. The first-order valence-corrected chi connectivity index (χ1v) is 5.26. The maximum atomic E-state index is 11.2. The molecule has 1 aliphatic rings. The molecule has 1 aliphatic carbocycles. The SMILES string of the molecule is COC(=O)Cc1cc(O)cc2c1CC(N)C2. The number of phenolic OH excluding ortho intramolecular Hbond substituents is 1. The van der Waals surface area contributed by atoms with Crippen LogP contribution in [-0.2, 0) is 28.8 Å². The van der Waals surface area contributed by atoms with E-state index in [-0.39, 0.29) is 24.2 Å². The van der Waals surface area contributed by atoms with Crippen LogP contribution >= 0.6 is 0 Å². The third kappa shape index (κ3) is 2.02. The average molecular weight is 221 g/mol. The molecule has 0 bridgehead atoms. The summed E-state index contributed by atoms with van der Waals surface area (Å²) in [5, 5.41) is 9.56. The zero-order valence-electron chi connectivity index (χ0n) is 9.19. The van der Waals surface area contributed by atoms with Gasteiger partial charge in [0.15, 0.2) is 0 Å². The monoisotopic (exact) mass is 221 g/mol. The van der Waals surface area contributed by atoms with Crippen LogP contribution in [0.1, 0.15) is 16.7 Å². The van der Waals surface area contributed by atoms with Gasteiger partial charge in [-0.3, -0.25) is 4.79 Å². The summed E-state index contributed by atoms with van der Waals surface area (Å²) < 4.78 is 4.63. The van der Waals surface area contributed by atoms with Crippen LogP contribution in [0.15, 0.2) is 12.1 Å². The highest BCUT2D eigenvalue weighted by atomic mass is 16.5. The molecule has 1 unspecified atom stereocenters. The van der Waals surface area contributed by atoms with Gasteiger partial charge in [-0.1, -0.05) is 0 Å². The molecule has 16 heavy (non-hydrogen) atoms. The summed E-state index contributed by atoms with van der Waals surface area (Å²) >= 11 is 0. The Balaban J connectivity index is 2.35. The number of ether oxygens (including phenoxy) is 1. The molecule has 0 saturated heterocycles. The maximum absolute atomic E-state index is 11.2. The summed E-state index contributed by atoms with van der Waals surface area (Å²) in [4.78, 5) is 11.2. The van der Waals surface area contributed by atoms with Crippen molar-refractivity contribution in [2.75, 3.05) is 7.11 Å². The fraction of sp³-hybridized carbons (Fsp3) is 0.417. The van der Waals surface area contributed by atoms with Crippen LogP contribution in [0.2, 0.25) is 0 Å². The van der Waals surface area contributed by atoms with E-state index in [0.29, 0.717) is 0 Å². The van der Waals surface area contributed by atoms with Gasteiger partial charge in [-0.05, 0) is 41.7 Å². The number of carbonyl (C=O) groups is 1. The van der Waals surface area contributed by atoms with E-state index in [2.05, 4.69) is 4.74 Å². The molecule has 1 aromatic carbocycles. The molecule has 3 N–H and O–H groups in total. The second-order valence-electron chi connectivity index (χ2n) is 4.16. The average Bonchev–Trinajstić information content (AvgIpc) is 2.58. The van der Waals surface area contributed by atoms with Crippen LogP contribution in [0.5, 0.6) is 5.75 Å². The van der Waals surface area contributed by atoms with E-state index in [1.807, 2.05) is 0 Å². The van der Waals surface area contributed by atoms with Crippen molar-refractivity contribution in [1.82, 2.24) is 0 Å². The number of aromatic hydroxyl groups is 1. The van der Waals surface area contributed by atoms with E-state index in [4.69, 9.17) is 5.73 Å². The van der Waals surface area contributed by atoms with Crippen LogP contribution in [0.4, 0.5) is 0 Å². The van der Waals surface area contributed by atoms with E-state index in [1.54, 1.807) is 12.1 Å². The molecule has 0 spiro atoms. The second-order valence-corrected chi connectivity index (χ2v) is 4.16. The molecule has 0 aliphatic heterocycles. The van der Waals surface area contributed by atoms with Gasteiger partial charge in [0, 0.05) is 6.04 Å². The lowest BCUT2D eigenvalue weighted by Gasteiger charge is -2.08. The quantitative estimate of drug-likeness (QED) is 0.715. The summed E-state index contributed by atoms with van der Waals surface area (Å²) in [6.45, 7) is 0. The predicted molar refractivity (Wildman–Crippen MR) is 59.2 cm³/mol. The molecule has 0 heterocycles. The Hall–Kier alpha value is -1.55. The van der Waals surface area contributed by atoms with Gasteiger partial charge in [0.05, 0.1) is 13.5 Å². The van der Waals surface area contributed by atoms with Crippen molar-refractivity contribution in [3.63, 3.8) is 0 Å². The summed E-state index contributed by atoms with van der Waals surface area (Å²) in [5.41, 5.74) is 8.84. The highest BCUT2D eigenvalue weighted by Gasteiger charge is 2.23. The summed E-state index contributed by atoms with van der Waals surface area (Å²) in [7, 11) is 1.36. The predicted octanol–water partition coefficient (Wildman–Crippen LogP) is 0.534. The van der Waals surface area contributed by atoms with Crippen molar-refractivity contribution in [3.8, 4) is 5.75 Å². The summed E-state index contributed by atoms with van der Waals surface area (Å²) in [6.07, 6.45) is 1.72. The van der Waals surface area contributed by atoms with Gasteiger partial charge in [0.1, 0.15) is 5.75 Å². The molecule has 86 valence electrons. The smallest absolute Gasteiger partial charge is 0.309 e. The molecule has 4 nitrogen and oxygen atoms in total. The lowest BCUT2D eigenvalue weighted by Crippen LogP contribution is -2.19. The van der Waals surface area contributed by atoms with Gasteiger partial charge >= 0.3 is 5.97 Å². The lowest BCUT2D eigenvalue weighted by atomic mass is 10.0. The largest absolute Gasteiger partial charge is 0.508 e. The van der Waals surface area contributed by atoms with E-state index in [1.165, 1.54) is 7.11 Å². The number of benzene rings is 1. The molecular formula is C12H15NO3. The fourth-order valence-electron chi connectivity index (χ4n) is 2.23. The van der Waals surface area contributed by atoms with Crippen molar-refractivity contribution < 1.29 is 14.6 Å². The van der Waals surface area contributed by atoms with Gasteiger partial charge in [0.2, 0.25) is 0 Å². The Bertz CT molecular complexity index is 429. The fourth-order valence-corrected chi connectivity index (χ4v) is 2.23. The van der Waals surface area contributed by atoms with Gasteiger partial charge in [-0.25, -0.2) is 0 Å². The maximum Gasteiger partial charge on any atom is 0.309 e. The normalized spacial score (nSPS) is 18.2. The third-order valence-electron chi connectivity index (χ3n) is 2.93. The third-order valence-corrected chi connectivity index (χ3v) is 2.93. The first kappa shape index (κ1) is 11.0. The highest BCUT2D eigenvalue weighted by Crippen LogP contribution is 2.29. The van der Waals surface area contributed by atoms with Crippen LogP contribution in [0.25, 0.3) is 0 Å². The standard InChI is InChI=1S/C12H15NO3/c1-16-12(15)5-8-4-10(14)3-7-2-9(13)6-11(7)8/h3-4,9,14H,2,5-6,13H2,1H3. The van der Waals surface area contributed by atoms with Crippen molar-refractivity contribution in [1.29, 1.82) is 0 Å². The Morgan fingerprint density at radius 3 is 3.00 bits per heavy atom. The van der Waals surface area contributed by atoms with Gasteiger partial charge < -0.3 is 15.6 Å². The topological polar surface area (TPSA) is 72.5 Å². The molecule has 0 radical (unpaired) electrons. The Labute approximate surface area is 94.0 Å². The zero-order chi connectivity index (χ0) is 11.7. The van der Waals surface area contributed by atoms with Crippen LogP contribution in [0, 0.1) is 0 Å². The number of fused-ring (bicyclic) bond motifs is 1. The second kappa shape index (κ2) is 4.14. The number of nitrogens with two attached hydrogens (primary N) is 1. The van der Waals surface area contributed by atoms with Crippen molar-refractivity contribution in [3.05, 3.63) is 28.8 Å². The molecule has 2 rings (SSSR count). The molecular weight excluding hydrogens is 206 g/mol. The van der Waals surface area contributed by atoms with Crippen molar-refractivity contribution >= 4 is 5.97 Å². The molecule has 4 heteroatoms. The van der Waals surface area contributed by atoms with E-state index in [9.17, 15) is 9.90 Å². The molecule has 1 aromatic rings. The minimum absolute atomic E-state index is 0.0909. The first-order chi connectivity index (χ1) is 7.60. The van der Waals surface area contributed by atoms with Crippen LogP contribution in [-0.4, -0.2) is 24.2 Å². The number of rotatable bonds is 2.